The Morgan fingerprint density at radius 1 is 0.902 bits per heavy atom. The van der Waals surface area contributed by atoms with Gasteiger partial charge in [0, 0.05) is 24.6 Å². The Kier molecular flexibility index (Phi) is 10.5. The summed E-state index contributed by atoms with van der Waals surface area (Å²) in [4.78, 5) is 24.6. The highest BCUT2D eigenvalue weighted by atomic mass is 16.5. The maximum Gasteiger partial charge on any atom is 0.346 e. The van der Waals surface area contributed by atoms with Crippen LogP contribution in [0.25, 0.3) is 12.2 Å². The van der Waals surface area contributed by atoms with E-state index in [2.05, 4.69) is 0 Å². The second-order valence-corrected chi connectivity index (χ2v) is 9.57. The molecular weight excluding hydrogens is 526 g/mol. The van der Waals surface area contributed by atoms with E-state index in [-0.39, 0.29) is 13.0 Å². The van der Waals surface area contributed by atoms with Crippen molar-refractivity contribution < 1.29 is 38.7 Å². The molecule has 0 saturated heterocycles. The first-order valence-electron chi connectivity index (χ1n) is 13.6. The molecule has 1 aliphatic heterocycles. The molecule has 0 radical (unpaired) electrons. The van der Waals surface area contributed by atoms with Crippen molar-refractivity contribution >= 4 is 29.8 Å². The van der Waals surface area contributed by atoms with Crippen LogP contribution in [0.1, 0.15) is 36.8 Å². The predicted molar refractivity (Wildman–Crippen MR) is 156 cm³/mol. The Labute approximate surface area is 239 Å². The smallest absolute Gasteiger partial charge is 0.346 e. The van der Waals surface area contributed by atoms with E-state index in [1.807, 2.05) is 83.8 Å². The topological polar surface area (TPSA) is 115 Å². The lowest BCUT2D eigenvalue weighted by Gasteiger charge is -2.35. The van der Waals surface area contributed by atoms with E-state index in [1.165, 1.54) is 0 Å². The zero-order valence-corrected chi connectivity index (χ0v) is 23.0. The fourth-order valence-corrected chi connectivity index (χ4v) is 4.43. The van der Waals surface area contributed by atoms with Crippen LogP contribution in [-0.2, 0) is 9.59 Å². The second-order valence-electron chi connectivity index (χ2n) is 9.57. The lowest BCUT2D eigenvalue weighted by Crippen LogP contribution is -2.45. The number of carbonyl (C=O) groups is 2. The minimum absolute atomic E-state index is 0.0163. The van der Waals surface area contributed by atoms with Crippen LogP contribution in [-0.4, -0.2) is 61.7 Å². The lowest BCUT2D eigenvalue weighted by atomic mass is 10.1. The van der Waals surface area contributed by atoms with Crippen molar-refractivity contribution in [3.05, 3.63) is 77.9 Å². The molecular formula is C32H35NO8. The minimum atomic E-state index is -1.06. The Balaban J connectivity index is 1.29. The fraction of sp³-hybridized carbons (Fsp3) is 0.312. The number of ether oxygens (including phenoxy) is 4. The van der Waals surface area contributed by atoms with Gasteiger partial charge in [0.2, 0.25) is 6.10 Å². The van der Waals surface area contributed by atoms with E-state index in [9.17, 15) is 14.7 Å². The van der Waals surface area contributed by atoms with Gasteiger partial charge in [0.05, 0.1) is 32.6 Å². The quantitative estimate of drug-likeness (QED) is 0.180. The number of nitrogens with zero attached hydrogens (tertiary/aromatic N) is 1. The molecule has 41 heavy (non-hydrogen) atoms. The van der Waals surface area contributed by atoms with E-state index in [0.717, 1.165) is 46.9 Å². The summed E-state index contributed by atoms with van der Waals surface area (Å²) in [6.07, 6.45) is 4.92. The second kappa shape index (κ2) is 14.6. The summed E-state index contributed by atoms with van der Waals surface area (Å²) in [5, 5.41) is 18.6. The summed E-state index contributed by atoms with van der Waals surface area (Å²) in [7, 11) is 1.63. The van der Waals surface area contributed by atoms with Crippen molar-refractivity contribution in [3.8, 4) is 23.0 Å². The highest BCUT2D eigenvalue weighted by Gasteiger charge is 2.31. The molecule has 1 unspecified atom stereocenters. The fourth-order valence-electron chi connectivity index (χ4n) is 4.43. The van der Waals surface area contributed by atoms with Crippen molar-refractivity contribution in [1.29, 1.82) is 0 Å². The number of aliphatic carboxylic acids is 2. The molecule has 0 amide bonds. The van der Waals surface area contributed by atoms with Gasteiger partial charge in [-0.1, -0.05) is 42.5 Å². The van der Waals surface area contributed by atoms with Crippen molar-refractivity contribution in [2.75, 3.05) is 38.3 Å². The molecule has 9 nitrogen and oxygen atoms in total. The van der Waals surface area contributed by atoms with Crippen LogP contribution >= 0.6 is 0 Å². The molecule has 0 bridgehead atoms. The Morgan fingerprint density at radius 2 is 1.61 bits per heavy atom. The molecule has 2 N–H and O–H groups in total. The van der Waals surface area contributed by atoms with E-state index in [1.54, 1.807) is 7.11 Å². The SMILES string of the molecule is COc1cccc(OCCCCOc2ccc(C=Cc3cccc4c3OC(C(=O)O)CN4CCCC(=O)O)cc2)c1. The van der Waals surface area contributed by atoms with Crippen LogP contribution in [0, 0.1) is 0 Å². The number of unbranched alkanes of at least 4 members (excludes halogenated alkanes) is 1. The molecule has 0 fully saturated rings. The summed E-state index contributed by atoms with van der Waals surface area (Å²) in [6, 6.07) is 20.9. The number of fused-ring (bicyclic) bond motifs is 1. The molecule has 9 heteroatoms. The van der Waals surface area contributed by atoms with E-state index >= 15 is 0 Å². The number of anilines is 1. The monoisotopic (exact) mass is 561 g/mol. The first kappa shape index (κ1) is 29.3. The summed E-state index contributed by atoms with van der Waals surface area (Å²) in [6.45, 7) is 1.76. The third kappa shape index (κ3) is 8.66. The van der Waals surface area contributed by atoms with Gasteiger partial charge in [-0.2, -0.15) is 0 Å². The Bertz CT molecular complexity index is 1340. The van der Waals surface area contributed by atoms with E-state index in [4.69, 9.17) is 24.1 Å². The van der Waals surface area contributed by atoms with E-state index in [0.29, 0.717) is 31.9 Å². The number of carboxylic acid groups (broad SMARTS) is 2. The average Bonchev–Trinajstić information content (AvgIpc) is 2.98. The standard InChI is InChI=1S/C32H35NO8/c1-38-26-8-5-9-27(21-26)40-20-3-2-19-39-25-16-13-23(14-17-25)12-15-24-7-4-10-28-31(24)41-29(32(36)37)22-33(28)18-6-11-30(34)35/h4-5,7-10,12-17,21,29H,2-3,6,11,18-20,22H2,1H3,(H,34,35)(H,36,37). The molecule has 1 atom stereocenters. The largest absolute Gasteiger partial charge is 0.497 e. The molecule has 0 spiro atoms. The first-order valence-corrected chi connectivity index (χ1v) is 13.6. The van der Waals surface area contributed by atoms with Gasteiger partial charge in [0.15, 0.2) is 5.75 Å². The van der Waals surface area contributed by atoms with Crippen molar-refractivity contribution in [1.82, 2.24) is 0 Å². The number of carboxylic acids is 2. The first-order chi connectivity index (χ1) is 19.9. The Morgan fingerprint density at radius 3 is 2.32 bits per heavy atom. The van der Waals surface area contributed by atoms with Crippen molar-refractivity contribution in [2.45, 2.75) is 31.8 Å². The highest BCUT2D eigenvalue weighted by Crippen LogP contribution is 2.38. The van der Waals surface area contributed by atoms with Gasteiger partial charge < -0.3 is 34.1 Å². The van der Waals surface area contributed by atoms with Crippen molar-refractivity contribution in [2.24, 2.45) is 0 Å². The number of benzene rings is 3. The van der Waals surface area contributed by atoms with Crippen LogP contribution in [0.3, 0.4) is 0 Å². The average molecular weight is 562 g/mol. The van der Waals surface area contributed by atoms with Gasteiger partial charge in [-0.3, -0.25) is 4.79 Å². The lowest BCUT2D eigenvalue weighted by molar-refractivity contribution is -0.145. The molecule has 3 aromatic carbocycles. The molecule has 3 aromatic rings. The summed E-state index contributed by atoms with van der Waals surface area (Å²) < 4.78 is 22.7. The minimum Gasteiger partial charge on any atom is -0.497 e. The number of rotatable bonds is 15. The maximum absolute atomic E-state index is 11.7. The summed E-state index contributed by atoms with van der Waals surface area (Å²) in [5.74, 6) is 0.870. The number of para-hydroxylation sites is 1. The zero-order chi connectivity index (χ0) is 29.0. The van der Waals surface area contributed by atoms with Gasteiger partial charge in [-0.05, 0) is 55.2 Å². The third-order valence-electron chi connectivity index (χ3n) is 6.56. The molecule has 0 aliphatic carbocycles. The van der Waals surface area contributed by atoms with Crippen LogP contribution in [0.4, 0.5) is 5.69 Å². The van der Waals surface area contributed by atoms with Crippen LogP contribution in [0.5, 0.6) is 23.0 Å². The Hall–Kier alpha value is -4.66. The summed E-state index contributed by atoms with van der Waals surface area (Å²) >= 11 is 0. The molecule has 0 saturated carbocycles. The third-order valence-corrected chi connectivity index (χ3v) is 6.56. The van der Waals surface area contributed by atoms with Gasteiger partial charge in [0.1, 0.15) is 17.2 Å². The number of methoxy groups -OCH3 is 1. The summed E-state index contributed by atoms with van der Waals surface area (Å²) in [5.41, 5.74) is 2.45. The van der Waals surface area contributed by atoms with Gasteiger partial charge >= 0.3 is 11.9 Å². The van der Waals surface area contributed by atoms with Gasteiger partial charge in [-0.25, -0.2) is 4.79 Å². The molecule has 216 valence electrons. The van der Waals surface area contributed by atoms with Crippen LogP contribution in [0.15, 0.2) is 66.7 Å². The molecule has 0 aromatic heterocycles. The number of hydrogen-bond acceptors (Lipinski definition) is 7. The van der Waals surface area contributed by atoms with E-state index < -0.39 is 18.0 Å². The normalized spacial score (nSPS) is 14.3. The molecule has 1 heterocycles. The zero-order valence-electron chi connectivity index (χ0n) is 23.0. The van der Waals surface area contributed by atoms with Crippen LogP contribution < -0.4 is 23.8 Å². The maximum atomic E-state index is 11.7. The van der Waals surface area contributed by atoms with Gasteiger partial charge in [-0.15, -0.1) is 0 Å². The van der Waals surface area contributed by atoms with Crippen molar-refractivity contribution in [3.63, 3.8) is 0 Å². The molecule has 4 rings (SSSR count). The van der Waals surface area contributed by atoms with Gasteiger partial charge in [0.25, 0.3) is 0 Å². The molecule has 1 aliphatic rings. The predicted octanol–water partition coefficient (Wildman–Crippen LogP) is 5.62. The number of hydrogen-bond donors (Lipinski definition) is 2. The van der Waals surface area contributed by atoms with Crippen LogP contribution in [0.2, 0.25) is 0 Å². The highest BCUT2D eigenvalue weighted by molar-refractivity contribution is 5.81.